The van der Waals surface area contributed by atoms with E-state index in [1.165, 1.54) is 17.3 Å². The van der Waals surface area contributed by atoms with Crippen LogP contribution in [0.3, 0.4) is 0 Å². The molecule has 7 heteroatoms. The van der Waals surface area contributed by atoms with Crippen LogP contribution in [0.15, 0.2) is 70.8 Å². The van der Waals surface area contributed by atoms with E-state index in [4.69, 9.17) is 9.47 Å². The molecule has 3 aromatic rings. The van der Waals surface area contributed by atoms with Crippen LogP contribution >= 0.6 is 15.9 Å². The van der Waals surface area contributed by atoms with Gasteiger partial charge < -0.3 is 9.47 Å². The summed E-state index contributed by atoms with van der Waals surface area (Å²) in [6.07, 6.45) is 4.78. The number of ether oxygens (including phenoxy) is 2. The molecule has 0 N–H and O–H groups in total. The highest BCUT2D eigenvalue weighted by Crippen LogP contribution is 2.16. The SMILES string of the molecule is Brc1ccc(OCCOc2ccc(/C=N\n3cnnc3)cc2)cc1. The molecule has 2 aromatic carbocycles. The normalized spacial score (nSPS) is 10.9. The van der Waals surface area contributed by atoms with E-state index in [-0.39, 0.29) is 0 Å². The highest BCUT2D eigenvalue weighted by molar-refractivity contribution is 9.10. The molecule has 0 spiro atoms. The zero-order chi connectivity index (χ0) is 16.6. The lowest BCUT2D eigenvalue weighted by molar-refractivity contribution is 0.217. The van der Waals surface area contributed by atoms with Gasteiger partial charge in [0.15, 0.2) is 0 Å². The molecule has 0 radical (unpaired) electrons. The number of nitrogens with zero attached hydrogens (tertiary/aromatic N) is 4. The van der Waals surface area contributed by atoms with Crippen LogP contribution in [0.4, 0.5) is 0 Å². The minimum atomic E-state index is 0.476. The van der Waals surface area contributed by atoms with Gasteiger partial charge in [-0.1, -0.05) is 15.9 Å². The molecule has 0 bridgehead atoms. The van der Waals surface area contributed by atoms with Crippen LogP contribution in [0.2, 0.25) is 0 Å². The quantitative estimate of drug-likeness (QED) is 0.461. The van der Waals surface area contributed by atoms with Crippen molar-refractivity contribution in [1.82, 2.24) is 14.9 Å². The first-order valence-corrected chi connectivity index (χ1v) is 8.09. The molecule has 0 saturated heterocycles. The van der Waals surface area contributed by atoms with Crippen molar-refractivity contribution < 1.29 is 9.47 Å². The van der Waals surface area contributed by atoms with Crippen LogP contribution in [0.1, 0.15) is 5.56 Å². The Morgan fingerprint density at radius 2 is 1.42 bits per heavy atom. The molecular weight excluding hydrogens is 372 g/mol. The largest absolute Gasteiger partial charge is 0.490 e. The van der Waals surface area contributed by atoms with E-state index in [9.17, 15) is 0 Å². The van der Waals surface area contributed by atoms with Gasteiger partial charge in [0.1, 0.15) is 37.4 Å². The van der Waals surface area contributed by atoms with Crippen LogP contribution in [0, 0.1) is 0 Å². The maximum absolute atomic E-state index is 5.65. The summed E-state index contributed by atoms with van der Waals surface area (Å²) in [6, 6.07) is 15.4. The number of hydrogen-bond acceptors (Lipinski definition) is 5. The summed E-state index contributed by atoms with van der Waals surface area (Å²) in [7, 11) is 0. The van der Waals surface area contributed by atoms with Crippen molar-refractivity contribution >= 4 is 22.1 Å². The van der Waals surface area contributed by atoms with E-state index in [0.717, 1.165) is 21.5 Å². The monoisotopic (exact) mass is 386 g/mol. The second kappa shape index (κ2) is 8.26. The molecule has 122 valence electrons. The van der Waals surface area contributed by atoms with Crippen molar-refractivity contribution in [3.05, 3.63) is 71.2 Å². The Kier molecular flexibility index (Phi) is 5.57. The Balaban J connectivity index is 1.43. The molecule has 0 unspecified atom stereocenters. The molecule has 0 saturated carbocycles. The third kappa shape index (κ3) is 4.92. The highest BCUT2D eigenvalue weighted by atomic mass is 79.9. The standard InChI is InChI=1S/C17H15BrN4O2/c18-15-3-7-17(8-4-15)24-10-9-23-16-5-1-14(2-6-16)11-21-22-12-19-20-13-22/h1-8,11-13H,9-10H2/b21-11-. The number of benzene rings is 2. The van der Waals surface area contributed by atoms with Crippen LogP contribution in [0.5, 0.6) is 11.5 Å². The predicted octanol–water partition coefficient (Wildman–Crippen LogP) is 3.38. The van der Waals surface area contributed by atoms with Gasteiger partial charge in [0.2, 0.25) is 0 Å². The molecule has 3 rings (SSSR count). The highest BCUT2D eigenvalue weighted by Gasteiger charge is 1.97. The Bertz CT molecular complexity index is 771. The molecule has 0 amide bonds. The number of rotatable bonds is 7. The number of halogens is 1. The van der Waals surface area contributed by atoms with E-state index < -0.39 is 0 Å². The fourth-order valence-corrected chi connectivity index (χ4v) is 2.15. The topological polar surface area (TPSA) is 61.5 Å². The summed E-state index contributed by atoms with van der Waals surface area (Å²) in [4.78, 5) is 0. The minimum absolute atomic E-state index is 0.476. The molecule has 1 heterocycles. The molecule has 0 aliphatic carbocycles. The average Bonchev–Trinajstić information content (AvgIpc) is 3.13. The molecule has 0 atom stereocenters. The van der Waals surface area contributed by atoms with Gasteiger partial charge >= 0.3 is 0 Å². The lowest BCUT2D eigenvalue weighted by Crippen LogP contribution is -2.08. The van der Waals surface area contributed by atoms with Crippen molar-refractivity contribution in [2.75, 3.05) is 13.2 Å². The van der Waals surface area contributed by atoms with Gasteiger partial charge in [-0.15, -0.1) is 10.2 Å². The lowest BCUT2D eigenvalue weighted by Gasteiger charge is -2.08. The maximum atomic E-state index is 5.65. The first kappa shape index (κ1) is 16.2. The lowest BCUT2D eigenvalue weighted by atomic mass is 10.2. The fraction of sp³-hybridized carbons (Fsp3) is 0.118. The third-order valence-corrected chi connectivity index (χ3v) is 3.59. The van der Waals surface area contributed by atoms with Crippen molar-refractivity contribution in [2.24, 2.45) is 5.10 Å². The van der Waals surface area contributed by atoms with Gasteiger partial charge in [0.05, 0.1) is 6.21 Å². The second-order valence-corrected chi connectivity index (χ2v) is 5.72. The molecule has 24 heavy (non-hydrogen) atoms. The van der Waals surface area contributed by atoms with Gasteiger partial charge in [-0.05, 0) is 54.1 Å². The summed E-state index contributed by atoms with van der Waals surface area (Å²) >= 11 is 3.39. The van der Waals surface area contributed by atoms with Gasteiger partial charge in [-0.25, -0.2) is 4.68 Å². The van der Waals surface area contributed by atoms with E-state index in [2.05, 4.69) is 31.2 Å². The molecule has 6 nitrogen and oxygen atoms in total. The minimum Gasteiger partial charge on any atom is -0.490 e. The zero-order valence-electron chi connectivity index (χ0n) is 12.7. The Morgan fingerprint density at radius 3 is 2.00 bits per heavy atom. The Morgan fingerprint density at radius 1 is 0.875 bits per heavy atom. The van der Waals surface area contributed by atoms with Crippen molar-refractivity contribution in [3.8, 4) is 11.5 Å². The number of aromatic nitrogens is 3. The van der Waals surface area contributed by atoms with E-state index in [0.29, 0.717) is 13.2 Å². The van der Waals surface area contributed by atoms with Crippen LogP contribution in [-0.2, 0) is 0 Å². The van der Waals surface area contributed by atoms with E-state index in [1.807, 2.05) is 48.5 Å². The number of hydrogen-bond donors (Lipinski definition) is 0. The van der Waals surface area contributed by atoms with Gasteiger partial charge in [-0.3, -0.25) is 0 Å². The first-order valence-electron chi connectivity index (χ1n) is 7.30. The van der Waals surface area contributed by atoms with Gasteiger partial charge in [0.25, 0.3) is 0 Å². The van der Waals surface area contributed by atoms with E-state index in [1.54, 1.807) is 6.21 Å². The zero-order valence-corrected chi connectivity index (χ0v) is 14.3. The summed E-state index contributed by atoms with van der Waals surface area (Å²) in [5.41, 5.74) is 0.960. The smallest absolute Gasteiger partial charge is 0.141 e. The van der Waals surface area contributed by atoms with Crippen LogP contribution in [0.25, 0.3) is 0 Å². The molecule has 0 aliphatic heterocycles. The molecule has 0 aliphatic rings. The van der Waals surface area contributed by atoms with Crippen molar-refractivity contribution in [2.45, 2.75) is 0 Å². The van der Waals surface area contributed by atoms with Crippen molar-refractivity contribution in [1.29, 1.82) is 0 Å². The van der Waals surface area contributed by atoms with Crippen LogP contribution < -0.4 is 9.47 Å². The van der Waals surface area contributed by atoms with Gasteiger partial charge in [-0.2, -0.15) is 5.10 Å². The maximum Gasteiger partial charge on any atom is 0.141 e. The summed E-state index contributed by atoms with van der Waals surface area (Å²) in [5.74, 6) is 1.61. The predicted molar refractivity (Wildman–Crippen MR) is 94.6 cm³/mol. The summed E-state index contributed by atoms with van der Waals surface area (Å²) in [5, 5.41) is 11.5. The Labute approximate surface area is 147 Å². The second-order valence-electron chi connectivity index (χ2n) is 4.81. The molecule has 1 aromatic heterocycles. The molecular formula is C17H15BrN4O2. The van der Waals surface area contributed by atoms with Gasteiger partial charge in [0, 0.05) is 4.47 Å². The average molecular weight is 387 g/mol. The summed E-state index contributed by atoms with van der Waals surface area (Å²) < 4.78 is 13.8. The fourth-order valence-electron chi connectivity index (χ4n) is 1.89. The summed E-state index contributed by atoms with van der Waals surface area (Å²) in [6.45, 7) is 0.961. The van der Waals surface area contributed by atoms with E-state index >= 15 is 0 Å². The Hall–Kier alpha value is -2.67. The molecule has 0 fully saturated rings. The van der Waals surface area contributed by atoms with Crippen molar-refractivity contribution in [3.63, 3.8) is 0 Å². The first-order chi connectivity index (χ1) is 11.8. The third-order valence-electron chi connectivity index (χ3n) is 3.06. The van der Waals surface area contributed by atoms with Crippen LogP contribution in [-0.4, -0.2) is 34.3 Å².